The van der Waals surface area contributed by atoms with E-state index < -0.39 is 0 Å². The van der Waals surface area contributed by atoms with Gasteiger partial charge in [0.25, 0.3) is 0 Å². The van der Waals surface area contributed by atoms with Crippen LogP contribution in [0.25, 0.3) is 0 Å². The molecular formula is C11H20N4O. The van der Waals surface area contributed by atoms with Crippen molar-refractivity contribution in [2.24, 2.45) is 5.84 Å². The molecule has 0 aliphatic carbocycles. The van der Waals surface area contributed by atoms with Crippen LogP contribution >= 0.6 is 0 Å². The van der Waals surface area contributed by atoms with Gasteiger partial charge in [0, 0.05) is 37.6 Å². The SMILES string of the molecule is CCN(c1ccnc(NN)c1)C(C)COC. The Morgan fingerprint density at radius 1 is 1.62 bits per heavy atom. The third-order valence-corrected chi connectivity index (χ3v) is 2.50. The van der Waals surface area contributed by atoms with Crippen LogP contribution in [0, 0.1) is 0 Å². The number of hydrazine groups is 1. The highest BCUT2D eigenvalue weighted by atomic mass is 16.5. The lowest BCUT2D eigenvalue weighted by Crippen LogP contribution is -2.36. The number of hydrogen-bond acceptors (Lipinski definition) is 5. The maximum atomic E-state index is 5.34. The second kappa shape index (κ2) is 6.30. The van der Waals surface area contributed by atoms with Crippen LogP contribution in [-0.2, 0) is 4.74 Å². The standard InChI is InChI=1S/C11H20N4O/c1-4-15(9(2)8-16-3)10-5-6-13-11(7-10)14-12/h5-7,9H,4,8,12H2,1-3H3,(H,13,14). The second-order valence-electron chi connectivity index (χ2n) is 3.63. The van der Waals surface area contributed by atoms with Gasteiger partial charge in [-0.2, -0.15) is 0 Å². The van der Waals surface area contributed by atoms with Crippen molar-refractivity contribution in [1.29, 1.82) is 0 Å². The van der Waals surface area contributed by atoms with Gasteiger partial charge in [-0.15, -0.1) is 0 Å². The van der Waals surface area contributed by atoms with Crippen LogP contribution in [0.15, 0.2) is 18.3 Å². The Kier molecular flexibility index (Phi) is 5.01. The van der Waals surface area contributed by atoms with E-state index in [-0.39, 0.29) is 0 Å². The maximum absolute atomic E-state index is 5.34. The zero-order chi connectivity index (χ0) is 12.0. The van der Waals surface area contributed by atoms with Gasteiger partial charge >= 0.3 is 0 Å². The van der Waals surface area contributed by atoms with Gasteiger partial charge in [-0.25, -0.2) is 10.8 Å². The average molecular weight is 224 g/mol. The molecule has 16 heavy (non-hydrogen) atoms. The molecular weight excluding hydrogens is 204 g/mol. The molecule has 5 heteroatoms. The quantitative estimate of drug-likeness (QED) is 0.562. The molecule has 0 bridgehead atoms. The minimum Gasteiger partial charge on any atom is -0.383 e. The summed E-state index contributed by atoms with van der Waals surface area (Å²) in [6, 6.07) is 4.22. The highest BCUT2D eigenvalue weighted by molar-refractivity contribution is 5.53. The number of hydrogen-bond donors (Lipinski definition) is 2. The van der Waals surface area contributed by atoms with E-state index >= 15 is 0 Å². The molecule has 0 saturated heterocycles. The lowest BCUT2D eigenvalue weighted by atomic mass is 10.2. The van der Waals surface area contributed by atoms with Crippen molar-refractivity contribution in [2.75, 3.05) is 30.6 Å². The first-order chi connectivity index (χ1) is 7.72. The van der Waals surface area contributed by atoms with E-state index in [0.29, 0.717) is 18.5 Å². The highest BCUT2D eigenvalue weighted by Crippen LogP contribution is 2.19. The summed E-state index contributed by atoms with van der Waals surface area (Å²) in [5, 5.41) is 0. The molecule has 0 radical (unpaired) electrons. The van der Waals surface area contributed by atoms with E-state index in [4.69, 9.17) is 10.6 Å². The number of nitrogen functional groups attached to an aromatic ring is 1. The average Bonchev–Trinajstić information content (AvgIpc) is 2.31. The van der Waals surface area contributed by atoms with Gasteiger partial charge in [0.05, 0.1) is 6.61 Å². The normalized spacial score (nSPS) is 12.2. The zero-order valence-electron chi connectivity index (χ0n) is 10.1. The van der Waals surface area contributed by atoms with Crippen molar-refractivity contribution >= 4 is 11.5 Å². The Labute approximate surface area is 96.6 Å². The maximum Gasteiger partial charge on any atom is 0.141 e. The van der Waals surface area contributed by atoms with Crippen LogP contribution in [-0.4, -0.2) is 31.3 Å². The summed E-state index contributed by atoms with van der Waals surface area (Å²) in [6.07, 6.45) is 1.74. The second-order valence-corrected chi connectivity index (χ2v) is 3.63. The summed E-state index contributed by atoms with van der Waals surface area (Å²) < 4.78 is 5.17. The lowest BCUT2D eigenvalue weighted by molar-refractivity contribution is 0.182. The summed E-state index contributed by atoms with van der Waals surface area (Å²) >= 11 is 0. The summed E-state index contributed by atoms with van der Waals surface area (Å²) in [6.45, 7) is 5.85. The van der Waals surface area contributed by atoms with Gasteiger partial charge in [-0.05, 0) is 19.9 Å². The fourth-order valence-electron chi connectivity index (χ4n) is 1.76. The van der Waals surface area contributed by atoms with Crippen LogP contribution in [0.5, 0.6) is 0 Å². The molecule has 1 aromatic heterocycles. The monoisotopic (exact) mass is 224 g/mol. The largest absolute Gasteiger partial charge is 0.383 e. The van der Waals surface area contributed by atoms with Crippen LogP contribution in [0.1, 0.15) is 13.8 Å². The number of nitrogens with zero attached hydrogens (tertiary/aromatic N) is 2. The minimum atomic E-state index is 0.322. The lowest BCUT2D eigenvalue weighted by Gasteiger charge is -2.29. The van der Waals surface area contributed by atoms with Gasteiger partial charge in [0.1, 0.15) is 5.82 Å². The zero-order valence-corrected chi connectivity index (χ0v) is 10.1. The van der Waals surface area contributed by atoms with E-state index in [9.17, 15) is 0 Å². The number of aromatic nitrogens is 1. The molecule has 0 saturated carbocycles. The van der Waals surface area contributed by atoms with Gasteiger partial charge in [-0.3, -0.25) is 0 Å². The number of nitrogens with one attached hydrogen (secondary N) is 1. The van der Waals surface area contributed by atoms with Gasteiger partial charge in [-0.1, -0.05) is 0 Å². The molecule has 0 aliphatic heterocycles. The first-order valence-electron chi connectivity index (χ1n) is 5.41. The fourth-order valence-corrected chi connectivity index (χ4v) is 1.76. The minimum absolute atomic E-state index is 0.322. The number of likely N-dealkylation sites (N-methyl/N-ethyl adjacent to an activating group) is 1. The predicted octanol–water partition coefficient (Wildman–Crippen LogP) is 1.23. The Balaban J connectivity index is 2.85. The van der Waals surface area contributed by atoms with E-state index in [1.165, 1.54) is 0 Å². The van der Waals surface area contributed by atoms with Gasteiger partial charge < -0.3 is 15.1 Å². The number of pyridine rings is 1. The number of methoxy groups -OCH3 is 1. The van der Waals surface area contributed by atoms with Crippen molar-refractivity contribution in [1.82, 2.24) is 4.98 Å². The van der Waals surface area contributed by atoms with Crippen LogP contribution in [0.2, 0.25) is 0 Å². The topological polar surface area (TPSA) is 63.4 Å². The first-order valence-corrected chi connectivity index (χ1v) is 5.41. The predicted molar refractivity (Wildman–Crippen MR) is 66.4 cm³/mol. The molecule has 1 unspecified atom stereocenters. The number of anilines is 2. The molecule has 3 N–H and O–H groups in total. The van der Waals surface area contributed by atoms with Crippen molar-refractivity contribution in [2.45, 2.75) is 19.9 Å². The smallest absolute Gasteiger partial charge is 0.141 e. The molecule has 0 aliphatic rings. The molecule has 1 rings (SSSR count). The molecule has 0 aromatic carbocycles. The Morgan fingerprint density at radius 2 is 2.38 bits per heavy atom. The molecule has 90 valence electrons. The molecule has 0 fully saturated rings. The third kappa shape index (κ3) is 3.08. The van der Waals surface area contributed by atoms with Crippen LogP contribution < -0.4 is 16.2 Å². The summed E-state index contributed by atoms with van der Waals surface area (Å²) in [4.78, 5) is 6.33. The van der Waals surface area contributed by atoms with E-state index in [1.807, 2.05) is 12.1 Å². The molecule has 0 amide bonds. The van der Waals surface area contributed by atoms with Crippen molar-refractivity contribution in [3.8, 4) is 0 Å². The van der Waals surface area contributed by atoms with Gasteiger partial charge in [0.15, 0.2) is 0 Å². The van der Waals surface area contributed by atoms with Crippen molar-refractivity contribution in [3.63, 3.8) is 0 Å². The summed E-state index contributed by atoms with van der Waals surface area (Å²) in [5.41, 5.74) is 3.64. The van der Waals surface area contributed by atoms with Crippen molar-refractivity contribution < 1.29 is 4.74 Å². The Hall–Kier alpha value is -1.33. The number of ether oxygens (including phenoxy) is 1. The molecule has 1 atom stereocenters. The van der Waals surface area contributed by atoms with E-state index in [1.54, 1.807) is 13.3 Å². The fraction of sp³-hybridized carbons (Fsp3) is 0.545. The van der Waals surface area contributed by atoms with Crippen LogP contribution in [0.4, 0.5) is 11.5 Å². The molecule has 5 nitrogen and oxygen atoms in total. The molecule has 1 aromatic rings. The van der Waals surface area contributed by atoms with E-state index in [2.05, 4.69) is 29.2 Å². The highest BCUT2D eigenvalue weighted by Gasteiger charge is 2.12. The van der Waals surface area contributed by atoms with Crippen LogP contribution in [0.3, 0.4) is 0 Å². The van der Waals surface area contributed by atoms with Gasteiger partial charge in [0.2, 0.25) is 0 Å². The number of nitrogens with two attached hydrogens (primary N) is 1. The number of rotatable bonds is 6. The Morgan fingerprint density at radius 3 is 2.94 bits per heavy atom. The molecule has 0 spiro atoms. The van der Waals surface area contributed by atoms with Crippen molar-refractivity contribution in [3.05, 3.63) is 18.3 Å². The van der Waals surface area contributed by atoms with E-state index in [0.717, 1.165) is 12.2 Å². The third-order valence-electron chi connectivity index (χ3n) is 2.50. The molecule has 1 heterocycles. The Bertz CT molecular complexity index is 319. The first kappa shape index (κ1) is 12.7. The summed E-state index contributed by atoms with van der Waals surface area (Å²) in [5.74, 6) is 6.01. The summed E-state index contributed by atoms with van der Waals surface area (Å²) in [7, 11) is 1.71.